The Morgan fingerprint density at radius 1 is 1.22 bits per heavy atom. The predicted octanol–water partition coefficient (Wildman–Crippen LogP) is 5.91. The van der Waals surface area contributed by atoms with E-state index in [9.17, 15) is 14.7 Å². The van der Waals surface area contributed by atoms with Crippen molar-refractivity contribution in [1.82, 2.24) is 9.97 Å². The van der Waals surface area contributed by atoms with E-state index < -0.39 is 11.6 Å². The molecule has 2 aromatic carbocycles. The van der Waals surface area contributed by atoms with Gasteiger partial charge in [-0.25, -0.2) is 4.98 Å². The number of anilines is 2. The van der Waals surface area contributed by atoms with Crippen LogP contribution in [0.5, 0.6) is 11.5 Å². The number of carbonyl (C=O) groups is 2. The molecular weight excluding hydrogens is 492 g/mol. The molecule has 1 fully saturated rings. The summed E-state index contributed by atoms with van der Waals surface area (Å²) in [6.07, 6.45) is 6.27. The van der Waals surface area contributed by atoms with Gasteiger partial charge < -0.3 is 25.5 Å². The highest BCUT2D eigenvalue weighted by Gasteiger charge is 2.33. The minimum atomic E-state index is -0.434. The van der Waals surface area contributed by atoms with Gasteiger partial charge >= 0.3 is 0 Å². The Hall–Kier alpha value is -3.88. The summed E-state index contributed by atoms with van der Waals surface area (Å²) in [6, 6.07) is 14.2. The first-order valence-electron chi connectivity index (χ1n) is 12.1. The molecule has 5 rings (SSSR count). The molecule has 190 valence electrons. The molecular formula is C28H27ClN4O4. The summed E-state index contributed by atoms with van der Waals surface area (Å²) in [7, 11) is 0. The van der Waals surface area contributed by atoms with Gasteiger partial charge in [0.25, 0.3) is 0 Å². The normalized spacial score (nSPS) is 19.4. The van der Waals surface area contributed by atoms with Gasteiger partial charge in [-0.3, -0.25) is 9.59 Å². The van der Waals surface area contributed by atoms with Crippen molar-refractivity contribution in [3.8, 4) is 11.5 Å². The van der Waals surface area contributed by atoms with Crippen molar-refractivity contribution in [1.29, 1.82) is 0 Å². The van der Waals surface area contributed by atoms with Gasteiger partial charge in [0.1, 0.15) is 17.1 Å². The van der Waals surface area contributed by atoms with Gasteiger partial charge in [-0.1, -0.05) is 29.8 Å². The minimum absolute atomic E-state index is 0.250. The highest BCUT2D eigenvalue weighted by atomic mass is 35.5. The molecule has 1 saturated carbocycles. The Bertz CT molecular complexity index is 1460. The first-order valence-corrected chi connectivity index (χ1v) is 12.5. The number of amides is 1. The monoisotopic (exact) mass is 518 g/mol. The number of ketones is 1. The first-order chi connectivity index (χ1) is 17.9. The third-order valence-electron chi connectivity index (χ3n) is 6.70. The van der Waals surface area contributed by atoms with Crippen LogP contribution in [0, 0.1) is 0 Å². The van der Waals surface area contributed by atoms with Crippen LogP contribution in [0.4, 0.5) is 11.4 Å². The second-order valence-electron chi connectivity index (χ2n) is 9.56. The van der Waals surface area contributed by atoms with E-state index in [1.54, 1.807) is 24.4 Å². The zero-order chi connectivity index (χ0) is 26.0. The zero-order valence-corrected chi connectivity index (χ0v) is 21.0. The molecule has 1 aliphatic rings. The fourth-order valence-corrected chi connectivity index (χ4v) is 5.21. The van der Waals surface area contributed by atoms with Gasteiger partial charge in [-0.05, 0) is 56.9 Å². The highest BCUT2D eigenvalue weighted by Crippen LogP contribution is 2.39. The Kier molecular flexibility index (Phi) is 6.86. The lowest BCUT2D eigenvalue weighted by Crippen LogP contribution is -2.42. The number of nitrogens with one attached hydrogen (secondary N) is 3. The largest absolute Gasteiger partial charge is 0.457 e. The summed E-state index contributed by atoms with van der Waals surface area (Å²) in [4.78, 5) is 32.6. The molecule has 1 amide bonds. The number of aliphatic hydroxyl groups is 1. The molecule has 0 spiro atoms. The summed E-state index contributed by atoms with van der Waals surface area (Å²) >= 11 is 6.54. The molecule has 4 aromatic rings. The van der Waals surface area contributed by atoms with Crippen LogP contribution in [-0.2, 0) is 4.79 Å². The number of aliphatic hydroxyl groups excluding tert-OH is 1. The van der Waals surface area contributed by atoms with Crippen molar-refractivity contribution in [2.75, 3.05) is 10.6 Å². The lowest BCUT2D eigenvalue weighted by molar-refractivity contribution is -0.105. The summed E-state index contributed by atoms with van der Waals surface area (Å²) < 4.78 is 5.84. The second-order valence-corrected chi connectivity index (χ2v) is 9.96. The predicted molar refractivity (Wildman–Crippen MR) is 144 cm³/mol. The number of fused-ring (bicyclic) bond motifs is 1. The number of halogens is 1. The molecule has 2 atom stereocenters. The number of benzene rings is 2. The van der Waals surface area contributed by atoms with Crippen LogP contribution in [0.25, 0.3) is 11.0 Å². The average Bonchev–Trinajstić information content (AvgIpc) is 3.30. The maximum atomic E-state index is 13.7. The van der Waals surface area contributed by atoms with Crippen LogP contribution >= 0.6 is 11.6 Å². The first kappa shape index (κ1) is 24.8. The Labute approximate surface area is 219 Å². The quantitative estimate of drug-likeness (QED) is 0.170. The smallest absolute Gasteiger partial charge is 0.211 e. The molecule has 0 aliphatic heterocycles. The second kappa shape index (κ2) is 10.2. The molecule has 0 saturated heterocycles. The summed E-state index contributed by atoms with van der Waals surface area (Å²) in [6.45, 7) is 2.03. The van der Waals surface area contributed by atoms with Crippen LogP contribution in [0.2, 0.25) is 5.02 Å². The van der Waals surface area contributed by atoms with Crippen LogP contribution in [0.3, 0.4) is 0 Å². The fourth-order valence-electron chi connectivity index (χ4n) is 4.96. The lowest BCUT2D eigenvalue weighted by atomic mass is 9.81. The molecule has 0 radical (unpaired) electrons. The molecule has 2 heterocycles. The standard InChI is InChI=1S/C28H27ClN4O4/c1-28(11-5-6-17(35)13-28)33-25-23(32-16-34)15-31-27-24(25)21(14-30-27)26(36)20-10-9-19(12-22(20)29)37-18-7-3-2-4-8-18/h2-4,7-10,12,14-17,35H,5-6,11,13H2,1H3,(H,32,34)(H2,30,31,33). The fraction of sp³-hybridized carbons (Fsp3) is 0.250. The van der Waals surface area contributed by atoms with Crippen LogP contribution in [-0.4, -0.2) is 38.9 Å². The topological polar surface area (TPSA) is 116 Å². The Balaban J connectivity index is 1.53. The third kappa shape index (κ3) is 5.16. The van der Waals surface area contributed by atoms with Crippen molar-refractivity contribution in [2.45, 2.75) is 44.2 Å². The van der Waals surface area contributed by atoms with Crippen molar-refractivity contribution >= 4 is 46.2 Å². The number of pyridine rings is 1. The lowest BCUT2D eigenvalue weighted by Gasteiger charge is -2.38. The highest BCUT2D eigenvalue weighted by molar-refractivity contribution is 6.36. The zero-order valence-electron chi connectivity index (χ0n) is 20.3. The van der Waals surface area contributed by atoms with Crippen molar-refractivity contribution in [3.05, 3.63) is 77.1 Å². The van der Waals surface area contributed by atoms with Crippen molar-refractivity contribution < 1.29 is 19.4 Å². The molecule has 1 aliphatic carbocycles. The number of aromatic nitrogens is 2. The summed E-state index contributed by atoms with van der Waals surface area (Å²) in [5, 5.41) is 17.3. The van der Waals surface area contributed by atoms with Gasteiger partial charge in [0, 0.05) is 23.4 Å². The number of hydrogen-bond donors (Lipinski definition) is 4. The molecule has 2 unspecified atom stereocenters. The van der Waals surface area contributed by atoms with Crippen LogP contribution in [0.15, 0.2) is 60.9 Å². The molecule has 2 aromatic heterocycles. The molecule has 0 bridgehead atoms. The number of carbonyl (C=O) groups excluding carboxylic acids is 2. The number of ether oxygens (including phenoxy) is 1. The molecule has 9 heteroatoms. The average molecular weight is 519 g/mol. The van der Waals surface area contributed by atoms with Crippen LogP contribution < -0.4 is 15.4 Å². The van der Waals surface area contributed by atoms with Gasteiger partial charge in [0.15, 0.2) is 5.78 Å². The number of nitrogens with zero attached hydrogens (tertiary/aromatic N) is 1. The van der Waals surface area contributed by atoms with E-state index in [1.165, 1.54) is 6.20 Å². The van der Waals surface area contributed by atoms with Gasteiger partial charge in [-0.2, -0.15) is 0 Å². The van der Waals surface area contributed by atoms with Crippen LogP contribution in [0.1, 0.15) is 48.5 Å². The van der Waals surface area contributed by atoms with Crippen molar-refractivity contribution in [2.24, 2.45) is 0 Å². The number of para-hydroxylation sites is 1. The molecule has 4 N–H and O–H groups in total. The number of aromatic amines is 1. The minimum Gasteiger partial charge on any atom is -0.457 e. The SMILES string of the molecule is CC1(Nc2c(NC=O)cnc3[nH]cc(C(=O)c4ccc(Oc5ccccc5)cc4Cl)c23)CCCC(O)C1. The van der Waals surface area contributed by atoms with E-state index in [0.717, 1.165) is 19.3 Å². The Morgan fingerprint density at radius 3 is 2.76 bits per heavy atom. The summed E-state index contributed by atoms with van der Waals surface area (Å²) in [5.41, 5.74) is 1.73. The van der Waals surface area contributed by atoms with E-state index in [0.29, 0.717) is 57.9 Å². The number of rotatable bonds is 8. The maximum Gasteiger partial charge on any atom is 0.211 e. The third-order valence-corrected chi connectivity index (χ3v) is 7.02. The van der Waals surface area contributed by atoms with Crippen molar-refractivity contribution in [3.63, 3.8) is 0 Å². The molecule has 37 heavy (non-hydrogen) atoms. The molecule has 8 nitrogen and oxygen atoms in total. The van der Waals surface area contributed by atoms with Gasteiger partial charge in [-0.15, -0.1) is 0 Å². The summed E-state index contributed by atoms with van der Waals surface area (Å²) in [5.74, 6) is 0.869. The maximum absolute atomic E-state index is 13.7. The van der Waals surface area contributed by atoms with E-state index in [4.69, 9.17) is 16.3 Å². The van der Waals surface area contributed by atoms with E-state index in [1.807, 2.05) is 37.3 Å². The number of H-pyrrole nitrogens is 1. The Morgan fingerprint density at radius 2 is 2.03 bits per heavy atom. The van der Waals surface area contributed by atoms with E-state index in [2.05, 4.69) is 20.6 Å². The van der Waals surface area contributed by atoms with E-state index >= 15 is 0 Å². The number of hydrogen-bond acceptors (Lipinski definition) is 6. The van der Waals surface area contributed by atoms with E-state index in [-0.39, 0.29) is 10.8 Å². The van der Waals surface area contributed by atoms with Gasteiger partial charge in [0.2, 0.25) is 6.41 Å². The van der Waals surface area contributed by atoms with Gasteiger partial charge in [0.05, 0.1) is 39.6 Å².